The normalized spacial score (nSPS) is 20.7. The van der Waals surface area contributed by atoms with E-state index in [-0.39, 0.29) is 23.5 Å². The third-order valence-corrected chi connectivity index (χ3v) is 3.58. The van der Waals surface area contributed by atoms with E-state index in [2.05, 4.69) is 62.5 Å². The maximum Gasteiger partial charge on any atom is 0.407 e. The molecule has 1 aromatic rings. The molecule has 0 aliphatic heterocycles. The molecular formula is C19H25NO2. The van der Waals surface area contributed by atoms with Crippen molar-refractivity contribution in [2.24, 2.45) is 11.3 Å². The molecule has 0 saturated heterocycles. The van der Waals surface area contributed by atoms with Gasteiger partial charge in [0.25, 0.3) is 0 Å². The van der Waals surface area contributed by atoms with Crippen molar-refractivity contribution in [3.8, 4) is 0 Å². The minimum atomic E-state index is -0.369. The van der Waals surface area contributed by atoms with Gasteiger partial charge < -0.3 is 10.1 Å². The van der Waals surface area contributed by atoms with Gasteiger partial charge in [-0.1, -0.05) is 69.3 Å². The lowest BCUT2D eigenvalue weighted by Crippen LogP contribution is -2.34. The summed E-state index contributed by atoms with van der Waals surface area (Å²) in [6.07, 6.45) is 8.25. The fourth-order valence-corrected chi connectivity index (χ4v) is 2.53. The van der Waals surface area contributed by atoms with E-state index in [1.54, 1.807) is 0 Å². The number of benzene rings is 1. The second-order valence-electron chi connectivity index (χ2n) is 6.63. The molecule has 0 spiro atoms. The van der Waals surface area contributed by atoms with Gasteiger partial charge in [0.2, 0.25) is 0 Å². The zero-order valence-corrected chi connectivity index (χ0v) is 13.8. The Hall–Kier alpha value is -2.03. The SMILES string of the molecule is CCOC(=O)N[C@@H]1c2ccccc2C=C[C@@H]1/C=C/C(C)(C)C. The molecule has 1 N–H and O–H groups in total. The first-order valence-electron chi connectivity index (χ1n) is 7.80. The van der Waals surface area contributed by atoms with Crippen LogP contribution in [0.2, 0.25) is 0 Å². The third-order valence-electron chi connectivity index (χ3n) is 3.58. The van der Waals surface area contributed by atoms with Gasteiger partial charge in [0.15, 0.2) is 0 Å². The highest BCUT2D eigenvalue weighted by atomic mass is 16.5. The lowest BCUT2D eigenvalue weighted by molar-refractivity contribution is 0.146. The number of alkyl carbamates (subject to hydrolysis) is 1. The van der Waals surface area contributed by atoms with Gasteiger partial charge in [0.05, 0.1) is 12.6 Å². The number of hydrogen-bond donors (Lipinski definition) is 1. The smallest absolute Gasteiger partial charge is 0.407 e. The molecule has 2 rings (SSSR count). The Morgan fingerprint density at radius 1 is 1.32 bits per heavy atom. The van der Waals surface area contributed by atoms with E-state index in [4.69, 9.17) is 4.74 Å². The summed E-state index contributed by atoms with van der Waals surface area (Å²) < 4.78 is 5.06. The number of allylic oxidation sites excluding steroid dienone is 1. The zero-order chi connectivity index (χ0) is 16.2. The highest BCUT2D eigenvalue weighted by Crippen LogP contribution is 2.34. The van der Waals surface area contributed by atoms with Crippen LogP contribution in [0.1, 0.15) is 44.9 Å². The fourth-order valence-electron chi connectivity index (χ4n) is 2.53. The summed E-state index contributed by atoms with van der Waals surface area (Å²) in [5.41, 5.74) is 2.38. The van der Waals surface area contributed by atoms with E-state index >= 15 is 0 Å². The van der Waals surface area contributed by atoms with Gasteiger partial charge in [-0.25, -0.2) is 4.79 Å². The average molecular weight is 299 g/mol. The largest absolute Gasteiger partial charge is 0.450 e. The summed E-state index contributed by atoms with van der Waals surface area (Å²) in [5.74, 6) is 0.124. The summed E-state index contributed by atoms with van der Waals surface area (Å²) in [6.45, 7) is 8.68. The summed E-state index contributed by atoms with van der Waals surface area (Å²) in [5, 5.41) is 3.00. The van der Waals surface area contributed by atoms with Crippen molar-refractivity contribution < 1.29 is 9.53 Å². The van der Waals surface area contributed by atoms with Gasteiger partial charge in [-0.05, 0) is 23.5 Å². The van der Waals surface area contributed by atoms with Crippen molar-refractivity contribution in [1.29, 1.82) is 0 Å². The third kappa shape index (κ3) is 4.23. The van der Waals surface area contributed by atoms with Crippen LogP contribution in [0.25, 0.3) is 6.08 Å². The van der Waals surface area contributed by atoms with Crippen molar-refractivity contribution in [1.82, 2.24) is 5.32 Å². The number of carbonyl (C=O) groups excluding carboxylic acids is 1. The lowest BCUT2D eigenvalue weighted by atomic mass is 9.83. The van der Waals surface area contributed by atoms with Crippen LogP contribution in [-0.4, -0.2) is 12.7 Å². The number of nitrogens with one attached hydrogen (secondary N) is 1. The Morgan fingerprint density at radius 3 is 2.73 bits per heavy atom. The number of ether oxygens (including phenoxy) is 1. The molecule has 0 radical (unpaired) electrons. The van der Waals surface area contributed by atoms with E-state index in [9.17, 15) is 4.79 Å². The minimum Gasteiger partial charge on any atom is -0.450 e. The average Bonchev–Trinajstić information content (AvgIpc) is 2.45. The number of carbonyl (C=O) groups is 1. The van der Waals surface area contributed by atoms with Crippen LogP contribution in [0.4, 0.5) is 4.79 Å². The molecule has 22 heavy (non-hydrogen) atoms. The molecular weight excluding hydrogens is 274 g/mol. The molecule has 118 valence electrons. The molecule has 1 aliphatic rings. The van der Waals surface area contributed by atoms with Gasteiger partial charge in [-0.3, -0.25) is 0 Å². The van der Waals surface area contributed by atoms with Crippen molar-refractivity contribution in [2.45, 2.75) is 33.7 Å². The molecule has 1 aromatic carbocycles. The quantitative estimate of drug-likeness (QED) is 0.820. The Labute approximate surface area is 133 Å². The van der Waals surface area contributed by atoms with Gasteiger partial charge in [0, 0.05) is 5.92 Å². The highest BCUT2D eigenvalue weighted by molar-refractivity contribution is 5.69. The van der Waals surface area contributed by atoms with Gasteiger partial charge in [0.1, 0.15) is 0 Å². The first-order chi connectivity index (χ1) is 10.4. The van der Waals surface area contributed by atoms with Crippen LogP contribution in [0, 0.1) is 11.3 Å². The number of fused-ring (bicyclic) bond motifs is 1. The van der Waals surface area contributed by atoms with Crippen molar-refractivity contribution >= 4 is 12.2 Å². The maximum atomic E-state index is 11.9. The monoisotopic (exact) mass is 299 g/mol. The molecule has 0 saturated carbocycles. The van der Waals surface area contributed by atoms with Crippen LogP contribution in [0.5, 0.6) is 0 Å². The Kier molecular flexibility index (Phi) is 5.07. The fraction of sp³-hybridized carbons (Fsp3) is 0.421. The maximum absolute atomic E-state index is 11.9. The second kappa shape index (κ2) is 6.82. The topological polar surface area (TPSA) is 38.3 Å². The Balaban J connectivity index is 2.29. The second-order valence-corrected chi connectivity index (χ2v) is 6.63. The van der Waals surface area contributed by atoms with Crippen LogP contribution >= 0.6 is 0 Å². The molecule has 3 heteroatoms. The minimum absolute atomic E-state index is 0.0983. The van der Waals surface area contributed by atoms with Crippen molar-refractivity contribution in [2.75, 3.05) is 6.61 Å². The molecule has 0 aromatic heterocycles. The number of rotatable bonds is 3. The molecule has 0 fully saturated rings. The van der Waals surface area contributed by atoms with Crippen molar-refractivity contribution in [3.05, 3.63) is 53.6 Å². The number of amides is 1. The van der Waals surface area contributed by atoms with Crippen LogP contribution in [0.15, 0.2) is 42.5 Å². The summed E-state index contributed by atoms with van der Waals surface area (Å²) >= 11 is 0. The van der Waals surface area contributed by atoms with E-state index in [0.717, 1.165) is 11.1 Å². The summed E-state index contributed by atoms with van der Waals surface area (Å²) in [6, 6.07) is 8.04. The van der Waals surface area contributed by atoms with Gasteiger partial charge in [-0.15, -0.1) is 0 Å². The Bertz CT molecular complexity index is 581. The standard InChI is InChI=1S/C19H25NO2/c1-5-22-18(21)20-17-15(12-13-19(2,3)4)11-10-14-8-6-7-9-16(14)17/h6-13,15,17H,5H2,1-4H3,(H,20,21)/b13-12+/t15-,17+/m1/s1. The predicted octanol–water partition coefficient (Wildman–Crippen LogP) is 4.72. The number of hydrogen-bond acceptors (Lipinski definition) is 2. The Morgan fingerprint density at radius 2 is 2.05 bits per heavy atom. The van der Waals surface area contributed by atoms with Crippen LogP contribution in [0.3, 0.4) is 0 Å². The predicted molar refractivity (Wildman–Crippen MR) is 90.5 cm³/mol. The van der Waals surface area contributed by atoms with E-state index in [0.29, 0.717) is 6.61 Å². The van der Waals surface area contributed by atoms with Crippen molar-refractivity contribution in [3.63, 3.8) is 0 Å². The summed E-state index contributed by atoms with van der Waals surface area (Å²) in [7, 11) is 0. The molecule has 3 nitrogen and oxygen atoms in total. The highest BCUT2D eigenvalue weighted by Gasteiger charge is 2.26. The van der Waals surface area contributed by atoms with E-state index in [1.807, 2.05) is 19.1 Å². The van der Waals surface area contributed by atoms with Crippen LogP contribution in [-0.2, 0) is 4.74 Å². The van der Waals surface area contributed by atoms with Crippen LogP contribution < -0.4 is 5.32 Å². The molecule has 2 atom stereocenters. The molecule has 0 unspecified atom stereocenters. The lowest BCUT2D eigenvalue weighted by Gasteiger charge is -2.29. The first kappa shape index (κ1) is 16.3. The molecule has 0 heterocycles. The first-order valence-corrected chi connectivity index (χ1v) is 7.80. The van der Waals surface area contributed by atoms with Gasteiger partial charge >= 0.3 is 6.09 Å². The van der Waals surface area contributed by atoms with E-state index < -0.39 is 0 Å². The summed E-state index contributed by atoms with van der Waals surface area (Å²) in [4.78, 5) is 11.9. The molecule has 1 aliphatic carbocycles. The van der Waals surface area contributed by atoms with E-state index in [1.165, 1.54) is 0 Å². The molecule has 0 bridgehead atoms. The zero-order valence-electron chi connectivity index (χ0n) is 13.8. The molecule has 1 amide bonds. The van der Waals surface area contributed by atoms with Gasteiger partial charge in [-0.2, -0.15) is 0 Å².